The van der Waals surface area contributed by atoms with Gasteiger partial charge in [0.2, 0.25) is 5.91 Å². The number of nitrogens with zero attached hydrogens (tertiary/aromatic N) is 1. The van der Waals surface area contributed by atoms with E-state index in [0.29, 0.717) is 24.3 Å². The molecule has 0 spiro atoms. The van der Waals surface area contributed by atoms with Gasteiger partial charge >= 0.3 is 5.97 Å². The topological polar surface area (TPSA) is 75.7 Å². The monoisotopic (exact) mass is 442 g/mol. The maximum atomic E-state index is 13.1. The zero-order chi connectivity index (χ0) is 23.6. The van der Waals surface area contributed by atoms with Gasteiger partial charge in [0.25, 0.3) is 5.91 Å². The van der Waals surface area contributed by atoms with Gasteiger partial charge in [0, 0.05) is 30.4 Å². The maximum absolute atomic E-state index is 13.1. The van der Waals surface area contributed by atoms with Gasteiger partial charge in [-0.3, -0.25) is 9.59 Å². The summed E-state index contributed by atoms with van der Waals surface area (Å²) in [5, 5.41) is 2.74. The van der Waals surface area contributed by atoms with E-state index >= 15 is 0 Å². The summed E-state index contributed by atoms with van der Waals surface area (Å²) in [5.41, 5.74) is 3.18. The number of nitrogens with one attached hydrogen (secondary N) is 1. The molecular weight excluding hydrogens is 416 g/mol. The molecule has 0 aliphatic carbocycles. The molecule has 3 rings (SSSR count). The molecule has 0 saturated heterocycles. The van der Waals surface area contributed by atoms with E-state index in [4.69, 9.17) is 0 Å². The smallest absolute Gasteiger partial charge is 0.337 e. The van der Waals surface area contributed by atoms with Gasteiger partial charge in [-0.1, -0.05) is 60.7 Å². The number of carbonyl (C=O) groups is 3. The van der Waals surface area contributed by atoms with Crippen molar-refractivity contribution in [3.63, 3.8) is 0 Å². The van der Waals surface area contributed by atoms with Crippen LogP contribution in [0.15, 0.2) is 96.6 Å². The molecule has 0 saturated carbocycles. The Morgan fingerprint density at radius 2 is 1.33 bits per heavy atom. The molecule has 2 amide bonds. The minimum Gasteiger partial charge on any atom is -0.465 e. The van der Waals surface area contributed by atoms with E-state index in [0.717, 1.165) is 11.1 Å². The first-order valence-corrected chi connectivity index (χ1v) is 10.5. The third-order valence-corrected chi connectivity index (χ3v) is 5.01. The van der Waals surface area contributed by atoms with Crippen molar-refractivity contribution in [3.05, 3.63) is 113 Å². The Kier molecular flexibility index (Phi) is 8.13. The quantitative estimate of drug-likeness (QED) is 0.409. The summed E-state index contributed by atoms with van der Waals surface area (Å²) in [4.78, 5) is 39.0. The number of rotatable bonds is 8. The molecule has 3 aromatic carbocycles. The second kappa shape index (κ2) is 11.4. The van der Waals surface area contributed by atoms with Crippen LogP contribution in [0.3, 0.4) is 0 Å². The Bertz CT molecular complexity index is 1080. The fraction of sp³-hybridized carbons (Fsp3) is 0.148. The van der Waals surface area contributed by atoms with Gasteiger partial charge in [-0.2, -0.15) is 0 Å². The molecule has 1 N–H and O–H groups in total. The summed E-state index contributed by atoms with van der Waals surface area (Å²) in [5.74, 6) is -1.10. The molecule has 0 aromatic heterocycles. The average Bonchev–Trinajstić information content (AvgIpc) is 2.84. The van der Waals surface area contributed by atoms with Crippen LogP contribution in [0.2, 0.25) is 0 Å². The second-order valence-electron chi connectivity index (χ2n) is 7.52. The Morgan fingerprint density at radius 3 is 1.82 bits per heavy atom. The highest BCUT2D eigenvalue weighted by molar-refractivity contribution is 6.07. The molecule has 0 heterocycles. The standard InChI is InChI=1S/C27H26N2O4/c1-20(26(31)28-24-15-13-23(14-16-24)27(32)33-2)17-25(30)29(18-21-9-5-3-6-10-21)19-22-11-7-4-8-12-22/h3-17H,18-19H2,1-2H3,(H,28,31)/b20-17+. The van der Waals surface area contributed by atoms with Crippen LogP contribution in [0.25, 0.3) is 0 Å². The summed E-state index contributed by atoms with van der Waals surface area (Å²) in [6, 6.07) is 25.8. The number of esters is 1. The third-order valence-electron chi connectivity index (χ3n) is 5.01. The summed E-state index contributed by atoms with van der Waals surface area (Å²) < 4.78 is 4.67. The first-order valence-electron chi connectivity index (χ1n) is 10.5. The summed E-state index contributed by atoms with van der Waals surface area (Å²) in [6.07, 6.45) is 1.35. The molecule has 168 valence electrons. The van der Waals surface area contributed by atoms with E-state index in [2.05, 4.69) is 10.1 Å². The number of amides is 2. The zero-order valence-corrected chi connectivity index (χ0v) is 18.7. The molecule has 33 heavy (non-hydrogen) atoms. The highest BCUT2D eigenvalue weighted by Crippen LogP contribution is 2.14. The van der Waals surface area contributed by atoms with Crippen LogP contribution in [-0.4, -0.2) is 29.8 Å². The van der Waals surface area contributed by atoms with Gasteiger partial charge in [0.1, 0.15) is 0 Å². The van der Waals surface area contributed by atoms with Crippen LogP contribution in [0, 0.1) is 0 Å². The van der Waals surface area contributed by atoms with Crippen LogP contribution in [0.5, 0.6) is 0 Å². The predicted molar refractivity (Wildman–Crippen MR) is 127 cm³/mol. The third kappa shape index (κ3) is 6.90. The molecule has 0 bridgehead atoms. The minimum absolute atomic E-state index is 0.253. The number of hydrogen-bond acceptors (Lipinski definition) is 4. The molecule has 0 fully saturated rings. The van der Waals surface area contributed by atoms with Crippen molar-refractivity contribution in [3.8, 4) is 0 Å². The van der Waals surface area contributed by atoms with Crippen molar-refractivity contribution >= 4 is 23.5 Å². The molecule has 0 aliphatic heterocycles. The maximum Gasteiger partial charge on any atom is 0.337 e. The number of carbonyl (C=O) groups excluding carboxylic acids is 3. The average molecular weight is 443 g/mol. The van der Waals surface area contributed by atoms with E-state index in [9.17, 15) is 14.4 Å². The second-order valence-corrected chi connectivity index (χ2v) is 7.52. The van der Waals surface area contributed by atoms with E-state index < -0.39 is 11.9 Å². The fourth-order valence-corrected chi connectivity index (χ4v) is 3.20. The van der Waals surface area contributed by atoms with Crippen molar-refractivity contribution in [2.75, 3.05) is 12.4 Å². The lowest BCUT2D eigenvalue weighted by atomic mass is 10.1. The first-order chi connectivity index (χ1) is 16.0. The molecule has 0 atom stereocenters. The number of methoxy groups -OCH3 is 1. The van der Waals surface area contributed by atoms with E-state index in [1.807, 2.05) is 60.7 Å². The highest BCUT2D eigenvalue weighted by Gasteiger charge is 2.15. The van der Waals surface area contributed by atoms with Crippen LogP contribution in [0.1, 0.15) is 28.4 Å². The zero-order valence-electron chi connectivity index (χ0n) is 18.7. The van der Waals surface area contributed by atoms with Crippen LogP contribution < -0.4 is 5.32 Å². The number of anilines is 1. The highest BCUT2D eigenvalue weighted by atomic mass is 16.5. The summed E-state index contributed by atoms with van der Waals surface area (Å²) >= 11 is 0. The van der Waals surface area contributed by atoms with Crippen molar-refractivity contribution in [1.82, 2.24) is 4.90 Å². The van der Waals surface area contributed by atoms with Crippen molar-refractivity contribution in [2.24, 2.45) is 0 Å². The van der Waals surface area contributed by atoms with Gasteiger partial charge in [-0.05, 0) is 42.3 Å². The Morgan fingerprint density at radius 1 is 0.818 bits per heavy atom. The van der Waals surface area contributed by atoms with Crippen LogP contribution in [0.4, 0.5) is 5.69 Å². The molecule has 0 radical (unpaired) electrons. The predicted octanol–water partition coefficient (Wildman–Crippen LogP) is 4.59. The van der Waals surface area contributed by atoms with Gasteiger partial charge in [-0.15, -0.1) is 0 Å². The summed E-state index contributed by atoms with van der Waals surface area (Å²) in [6.45, 7) is 2.45. The van der Waals surface area contributed by atoms with Gasteiger partial charge < -0.3 is 15.0 Å². The number of hydrogen-bond donors (Lipinski definition) is 1. The lowest BCUT2D eigenvalue weighted by molar-refractivity contribution is -0.127. The Hall–Kier alpha value is -4.19. The lowest BCUT2D eigenvalue weighted by Gasteiger charge is -2.22. The minimum atomic E-state index is -0.452. The van der Waals surface area contributed by atoms with Gasteiger partial charge in [-0.25, -0.2) is 4.79 Å². The van der Waals surface area contributed by atoms with Crippen molar-refractivity contribution in [1.29, 1.82) is 0 Å². The van der Waals surface area contributed by atoms with Crippen molar-refractivity contribution in [2.45, 2.75) is 20.0 Å². The molecule has 3 aromatic rings. The van der Waals surface area contributed by atoms with Gasteiger partial charge in [0.05, 0.1) is 12.7 Å². The largest absolute Gasteiger partial charge is 0.465 e. The number of benzene rings is 3. The van der Waals surface area contributed by atoms with E-state index in [1.54, 1.807) is 36.1 Å². The Labute approximate surface area is 193 Å². The molecule has 0 aliphatic rings. The fourth-order valence-electron chi connectivity index (χ4n) is 3.20. The van der Waals surface area contributed by atoms with Crippen LogP contribution in [-0.2, 0) is 27.4 Å². The van der Waals surface area contributed by atoms with Gasteiger partial charge in [0.15, 0.2) is 0 Å². The molecular formula is C27H26N2O4. The number of ether oxygens (including phenoxy) is 1. The molecule has 6 heteroatoms. The van der Waals surface area contributed by atoms with E-state index in [1.165, 1.54) is 13.2 Å². The van der Waals surface area contributed by atoms with Crippen LogP contribution >= 0.6 is 0 Å². The Balaban J connectivity index is 1.72. The molecule has 6 nitrogen and oxygen atoms in total. The first kappa shape index (κ1) is 23.5. The van der Waals surface area contributed by atoms with E-state index in [-0.39, 0.29) is 11.5 Å². The summed E-state index contributed by atoms with van der Waals surface area (Å²) in [7, 11) is 1.31. The normalized spacial score (nSPS) is 10.9. The van der Waals surface area contributed by atoms with Crippen molar-refractivity contribution < 1.29 is 19.1 Å². The lowest BCUT2D eigenvalue weighted by Crippen LogP contribution is -2.29. The SMILES string of the molecule is COC(=O)c1ccc(NC(=O)/C(C)=C/C(=O)N(Cc2ccccc2)Cc2ccccc2)cc1. The molecule has 0 unspecified atom stereocenters.